The van der Waals surface area contributed by atoms with Gasteiger partial charge in [-0.1, -0.05) is 29.8 Å². The normalized spacial score (nSPS) is 31.7. The Morgan fingerprint density at radius 2 is 2.08 bits per heavy atom. The molecule has 3 fully saturated rings. The summed E-state index contributed by atoms with van der Waals surface area (Å²) in [6, 6.07) is 8.62. The van der Waals surface area contributed by atoms with Crippen LogP contribution in [0, 0.1) is 6.92 Å². The van der Waals surface area contributed by atoms with E-state index in [1.54, 1.807) is 11.8 Å². The second-order valence-electron chi connectivity index (χ2n) is 7.78. The molecular weight excluding hydrogens is 332 g/mol. The molecule has 4 rings (SSSR count). The summed E-state index contributed by atoms with van der Waals surface area (Å²) in [5.41, 5.74) is 2.55. The summed E-state index contributed by atoms with van der Waals surface area (Å²) in [7, 11) is 0. The van der Waals surface area contributed by atoms with Gasteiger partial charge in [-0.3, -0.25) is 9.59 Å². The van der Waals surface area contributed by atoms with E-state index in [1.165, 1.54) is 11.1 Å². The van der Waals surface area contributed by atoms with Crippen LogP contribution in [0.1, 0.15) is 43.7 Å². The lowest BCUT2D eigenvalue weighted by Gasteiger charge is -2.34. The first-order chi connectivity index (χ1) is 12.0. The van der Waals surface area contributed by atoms with Gasteiger partial charge in [-0.25, -0.2) is 0 Å². The zero-order valence-electron chi connectivity index (χ0n) is 15.0. The molecule has 3 aliphatic rings. The van der Waals surface area contributed by atoms with Crippen LogP contribution in [-0.4, -0.2) is 50.9 Å². The maximum absolute atomic E-state index is 13.3. The molecule has 0 saturated carbocycles. The van der Waals surface area contributed by atoms with E-state index in [2.05, 4.69) is 43.0 Å². The SMILES string of the molecule is Cc1ccc(CC2CCCN2C(=O)C2CSC3(C)CCC(=O)N23)cc1. The number of hydrogen-bond acceptors (Lipinski definition) is 3. The van der Waals surface area contributed by atoms with Gasteiger partial charge in [-0.15, -0.1) is 11.8 Å². The molecule has 2 amide bonds. The number of amides is 2. The summed E-state index contributed by atoms with van der Waals surface area (Å²) in [6.45, 7) is 5.04. The molecule has 1 aromatic carbocycles. The zero-order chi connectivity index (χ0) is 17.6. The second kappa shape index (κ2) is 6.35. The Labute approximate surface area is 153 Å². The van der Waals surface area contributed by atoms with E-state index in [9.17, 15) is 9.59 Å². The first-order valence-electron chi connectivity index (χ1n) is 9.30. The van der Waals surface area contributed by atoms with Crippen LogP contribution in [0.2, 0.25) is 0 Å². The summed E-state index contributed by atoms with van der Waals surface area (Å²) in [6.07, 6.45) is 4.49. The molecule has 3 saturated heterocycles. The van der Waals surface area contributed by atoms with Crippen molar-refractivity contribution in [3.8, 4) is 0 Å². The maximum atomic E-state index is 13.3. The van der Waals surface area contributed by atoms with Gasteiger partial charge in [0, 0.05) is 24.8 Å². The minimum atomic E-state index is -0.261. The number of thioether (sulfide) groups is 1. The highest BCUT2D eigenvalue weighted by Gasteiger charge is 2.54. The van der Waals surface area contributed by atoms with Gasteiger partial charge in [0.25, 0.3) is 0 Å². The van der Waals surface area contributed by atoms with Crippen molar-refractivity contribution in [3.05, 3.63) is 35.4 Å². The number of benzene rings is 1. The molecule has 4 nitrogen and oxygen atoms in total. The van der Waals surface area contributed by atoms with E-state index in [4.69, 9.17) is 0 Å². The van der Waals surface area contributed by atoms with Crippen molar-refractivity contribution in [2.24, 2.45) is 0 Å². The van der Waals surface area contributed by atoms with Gasteiger partial charge in [-0.05, 0) is 45.1 Å². The number of carbonyl (C=O) groups excluding carboxylic acids is 2. The molecule has 5 heteroatoms. The Bertz CT molecular complexity index is 689. The maximum Gasteiger partial charge on any atom is 0.246 e. The van der Waals surface area contributed by atoms with E-state index >= 15 is 0 Å². The molecule has 1 aromatic rings. The topological polar surface area (TPSA) is 40.6 Å². The summed E-state index contributed by atoms with van der Waals surface area (Å²) in [4.78, 5) is 29.4. The van der Waals surface area contributed by atoms with Crippen LogP contribution in [0.5, 0.6) is 0 Å². The van der Waals surface area contributed by atoms with E-state index in [0.29, 0.717) is 6.42 Å². The molecule has 0 bridgehead atoms. The summed E-state index contributed by atoms with van der Waals surface area (Å²) in [5.74, 6) is 1.07. The predicted molar refractivity (Wildman–Crippen MR) is 100 cm³/mol. The van der Waals surface area contributed by atoms with Crippen LogP contribution in [0.3, 0.4) is 0 Å². The number of hydrogen-bond donors (Lipinski definition) is 0. The Morgan fingerprint density at radius 3 is 2.84 bits per heavy atom. The molecule has 0 aliphatic carbocycles. The molecule has 0 spiro atoms. The molecule has 0 radical (unpaired) electrons. The van der Waals surface area contributed by atoms with Crippen molar-refractivity contribution >= 4 is 23.6 Å². The standard InChI is InChI=1S/C20H26N2O2S/c1-14-5-7-15(8-6-14)12-16-4-3-11-21(16)19(24)17-13-25-20(2)10-9-18(23)22(17)20/h5-8,16-17H,3-4,9-13H2,1-2H3. The van der Waals surface area contributed by atoms with Crippen molar-refractivity contribution in [1.29, 1.82) is 0 Å². The lowest BCUT2D eigenvalue weighted by molar-refractivity contribution is -0.144. The fourth-order valence-corrected chi connectivity index (χ4v) is 5.95. The first kappa shape index (κ1) is 17.0. The van der Waals surface area contributed by atoms with Crippen LogP contribution >= 0.6 is 11.8 Å². The number of fused-ring (bicyclic) bond motifs is 1. The van der Waals surface area contributed by atoms with E-state index in [0.717, 1.165) is 38.0 Å². The molecule has 3 atom stereocenters. The molecular formula is C20H26N2O2S. The predicted octanol–water partition coefficient (Wildman–Crippen LogP) is 2.98. The largest absolute Gasteiger partial charge is 0.338 e. The quantitative estimate of drug-likeness (QED) is 0.834. The third-order valence-corrected chi connectivity index (χ3v) is 7.49. The van der Waals surface area contributed by atoms with E-state index in [-0.39, 0.29) is 28.8 Å². The van der Waals surface area contributed by atoms with Crippen molar-refractivity contribution in [3.63, 3.8) is 0 Å². The van der Waals surface area contributed by atoms with Gasteiger partial charge in [0.05, 0.1) is 4.87 Å². The van der Waals surface area contributed by atoms with Gasteiger partial charge in [0.1, 0.15) is 6.04 Å². The first-order valence-corrected chi connectivity index (χ1v) is 10.3. The number of carbonyl (C=O) groups is 2. The highest BCUT2D eigenvalue weighted by atomic mass is 32.2. The third kappa shape index (κ3) is 2.97. The van der Waals surface area contributed by atoms with Crippen molar-refractivity contribution in [1.82, 2.24) is 9.80 Å². The highest BCUT2D eigenvalue weighted by Crippen LogP contribution is 2.47. The van der Waals surface area contributed by atoms with Crippen LogP contribution in [0.15, 0.2) is 24.3 Å². The lowest BCUT2D eigenvalue weighted by Crippen LogP contribution is -2.52. The monoisotopic (exact) mass is 358 g/mol. The molecule has 0 aromatic heterocycles. The Morgan fingerprint density at radius 1 is 1.32 bits per heavy atom. The van der Waals surface area contributed by atoms with Gasteiger partial charge in [0.15, 0.2) is 0 Å². The molecule has 0 N–H and O–H groups in total. The smallest absolute Gasteiger partial charge is 0.246 e. The Balaban J connectivity index is 1.49. The van der Waals surface area contributed by atoms with E-state index in [1.807, 2.05) is 4.90 Å². The third-order valence-electron chi connectivity index (χ3n) is 5.98. The number of aryl methyl sites for hydroxylation is 1. The van der Waals surface area contributed by atoms with Crippen LogP contribution in [-0.2, 0) is 16.0 Å². The molecule has 3 heterocycles. The fourth-order valence-electron chi connectivity index (χ4n) is 4.53. The minimum absolute atomic E-state index is 0.153. The van der Waals surface area contributed by atoms with Crippen molar-refractivity contribution in [2.75, 3.05) is 12.3 Å². The number of rotatable bonds is 3. The Hall–Kier alpha value is -1.49. The van der Waals surface area contributed by atoms with Crippen LogP contribution < -0.4 is 0 Å². The van der Waals surface area contributed by atoms with Gasteiger partial charge in [-0.2, -0.15) is 0 Å². The number of likely N-dealkylation sites (tertiary alicyclic amines) is 1. The lowest BCUT2D eigenvalue weighted by atomic mass is 10.0. The average Bonchev–Trinajstić information content (AvgIpc) is 3.26. The molecule has 134 valence electrons. The highest BCUT2D eigenvalue weighted by molar-refractivity contribution is 8.01. The van der Waals surface area contributed by atoms with Gasteiger partial charge in [0.2, 0.25) is 11.8 Å². The second-order valence-corrected chi connectivity index (χ2v) is 9.28. The molecule has 3 unspecified atom stereocenters. The van der Waals surface area contributed by atoms with Gasteiger partial charge < -0.3 is 9.80 Å². The average molecular weight is 359 g/mol. The molecule has 25 heavy (non-hydrogen) atoms. The zero-order valence-corrected chi connectivity index (χ0v) is 15.8. The van der Waals surface area contributed by atoms with Crippen LogP contribution in [0.4, 0.5) is 0 Å². The van der Waals surface area contributed by atoms with E-state index < -0.39 is 0 Å². The summed E-state index contributed by atoms with van der Waals surface area (Å²) < 4.78 is 0. The number of nitrogens with zero attached hydrogens (tertiary/aromatic N) is 2. The van der Waals surface area contributed by atoms with Gasteiger partial charge >= 0.3 is 0 Å². The van der Waals surface area contributed by atoms with Crippen molar-refractivity contribution in [2.45, 2.75) is 62.9 Å². The Kier molecular flexibility index (Phi) is 4.30. The minimum Gasteiger partial charge on any atom is -0.338 e. The summed E-state index contributed by atoms with van der Waals surface area (Å²) in [5, 5.41) is 0. The van der Waals surface area contributed by atoms with Crippen LogP contribution in [0.25, 0.3) is 0 Å². The van der Waals surface area contributed by atoms with Crippen molar-refractivity contribution < 1.29 is 9.59 Å². The summed E-state index contributed by atoms with van der Waals surface area (Å²) >= 11 is 1.78. The molecule has 3 aliphatic heterocycles. The fraction of sp³-hybridized carbons (Fsp3) is 0.600.